The summed E-state index contributed by atoms with van der Waals surface area (Å²) < 4.78 is 29.2. The molecule has 0 aliphatic carbocycles. The second-order valence-electron chi connectivity index (χ2n) is 4.31. The lowest BCUT2D eigenvalue weighted by molar-refractivity contribution is 0.500. The Morgan fingerprint density at radius 3 is 2.60 bits per heavy atom. The number of alkyl halides is 1. The molecule has 0 bridgehead atoms. The molecule has 2 aromatic carbocycles. The van der Waals surface area contributed by atoms with Crippen LogP contribution in [0.3, 0.4) is 0 Å². The topological polar surface area (TPSA) is 0 Å². The molecule has 0 saturated heterocycles. The van der Waals surface area contributed by atoms with Gasteiger partial charge in [-0.05, 0) is 44.4 Å². The molecule has 102 valence electrons. The van der Waals surface area contributed by atoms with E-state index in [2.05, 4.69) is 15.9 Å². The first-order chi connectivity index (χ1) is 9.59. The van der Waals surface area contributed by atoms with Gasteiger partial charge in [-0.2, -0.15) is 0 Å². The molecule has 1 unspecified atom stereocenters. The highest BCUT2D eigenvalue weighted by atomic mass is 79.9. The second-order valence-corrected chi connectivity index (χ2v) is 6.48. The average Bonchev–Trinajstić information content (AvgIpc) is 2.86. The fourth-order valence-electron chi connectivity index (χ4n) is 2.12. The first-order valence-electron chi connectivity index (χ1n) is 5.83. The van der Waals surface area contributed by atoms with Gasteiger partial charge in [0.1, 0.15) is 0 Å². The highest BCUT2D eigenvalue weighted by Crippen LogP contribution is 2.40. The van der Waals surface area contributed by atoms with Crippen LogP contribution in [0, 0.1) is 11.6 Å². The van der Waals surface area contributed by atoms with E-state index in [1.54, 1.807) is 0 Å². The van der Waals surface area contributed by atoms with Gasteiger partial charge in [0.25, 0.3) is 0 Å². The summed E-state index contributed by atoms with van der Waals surface area (Å²) in [5.74, 6) is -1.77. The molecule has 0 saturated carbocycles. The molecule has 1 heterocycles. The van der Waals surface area contributed by atoms with Crippen molar-refractivity contribution in [2.75, 3.05) is 0 Å². The summed E-state index contributed by atoms with van der Waals surface area (Å²) in [5.41, 5.74) is 0.948. The van der Waals surface area contributed by atoms with Gasteiger partial charge in [0.15, 0.2) is 11.6 Å². The van der Waals surface area contributed by atoms with Crippen molar-refractivity contribution in [2.45, 2.75) is 5.38 Å². The monoisotopic (exact) mass is 372 g/mol. The van der Waals surface area contributed by atoms with Crippen LogP contribution < -0.4 is 0 Å². The van der Waals surface area contributed by atoms with E-state index in [-0.39, 0.29) is 5.56 Å². The van der Waals surface area contributed by atoms with Gasteiger partial charge < -0.3 is 0 Å². The molecular formula is C15H8BrClF2S. The number of rotatable bonds is 2. The van der Waals surface area contributed by atoms with E-state index < -0.39 is 17.0 Å². The van der Waals surface area contributed by atoms with Gasteiger partial charge >= 0.3 is 0 Å². The van der Waals surface area contributed by atoms with Gasteiger partial charge in [0.05, 0.1) is 5.38 Å². The van der Waals surface area contributed by atoms with Gasteiger partial charge in [0, 0.05) is 14.7 Å². The van der Waals surface area contributed by atoms with E-state index in [1.807, 2.05) is 23.6 Å². The Balaban J connectivity index is 2.16. The molecule has 0 N–H and O–H groups in total. The molecule has 0 amide bonds. The predicted octanol–water partition coefficient (Wildman–Crippen LogP) is 6.27. The van der Waals surface area contributed by atoms with E-state index in [0.29, 0.717) is 0 Å². The van der Waals surface area contributed by atoms with Crippen LogP contribution in [0.25, 0.3) is 10.1 Å². The maximum atomic E-state index is 13.9. The maximum Gasteiger partial charge on any atom is 0.163 e. The van der Waals surface area contributed by atoms with Crippen LogP contribution in [0.1, 0.15) is 16.5 Å². The lowest BCUT2D eigenvalue weighted by Crippen LogP contribution is -1.98. The Morgan fingerprint density at radius 1 is 1.05 bits per heavy atom. The molecule has 0 radical (unpaired) electrons. The lowest BCUT2D eigenvalue weighted by atomic mass is 10.0. The van der Waals surface area contributed by atoms with Crippen molar-refractivity contribution < 1.29 is 8.78 Å². The van der Waals surface area contributed by atoms with E-state index >= 15 is 0 Å². The highest BCUT2D eigenvalue weighted by molar-refractivity contribution is 9.10. The molecule has 1 atom stereocenters. The minimum absolute atomic E-state index is 0.159. The Kier molecular flexibility index (Phi) is 3.80. The van der Waals surface area contributed by atoms with Gasteiger partial charge in [-0.1, -0.05) is 24.3 Å². The van der Waals surface area contributed by atoms with E-state index in [1.165, 1.54) is 23.5 Å². The Hall–Kier alpha value is -0.970. The zero-order valence-electron chi connectivity index (χ0n) is 10.0. The SMILES string of the molecule is Fc1cccc(C(Cl)c2csc3c(Br)cccc23)c1F. The summed E-state index contributed by atoms with van der Waals surface area (Å²) in [5, 5.41) is 2.12. The fourth-order valence-corrected chi connectivity index (χ4v) is 4.19. The van der Waals surface area contributed by atoms with Crippen LogP contribution in [0.15, 0.2) is 46.3 Å². The van der Waals surface area contributed by atoms with Gasteiger partial charge in [-0.15, -0.1) is 22.9 Å². The molecule has 5 heteroatoms. The number of thiophene rings is 1. The predicted molar refractivity (Wildman–Crippen MR) is 83.6 cm³/mol. The van der Waals surface area contributed by atoms with Crippen LogP contribution in [-0.4, -0.2) is 0 Å². The lowest BCUT2D eigenvalue weighted by Gasteiger charge is -2.11. The molecule has 0 fully saturated rings. The third kappa shape index (κ3) is 2.26. The average molecular weight is 374 g/mol. The van der Waals surface area contributed by atoms with Crippen molar-refractivity contribution in [3.63, 3.8) is 0 Å². The first kappa shape index (κ1) is 14.0. The molecular weight excluding hydrogens is 366 g/mol. The fraction of sp³-hybridized carbons (Fsp3) is 0.0667. The molecule has 3 rings (SSSR count). The van der Waals surface area contributed by atoms with E-state index in [4.69, 9.17) is 11.6 Å². The summed E-state index contributed by atoms with van der Waals surface area (Å²) >= 11 is 11.4. The second kappa shape index (κ2) is 5.43. The largest absolute Gasteiger partial charge is 0.204 e. The number of fused-ring (bicyclic) bond motifs is 1. The Labute approximate surface area is 132 Å². The van der Waals surface area contributed by atoms with Crippen molar-refractivity contribution >= 4 is 49.0 Å². The van der Waals surface area contributed by atoms with Crippen LogP contribution >= 0.6 is 38.9 Å². The zero-order valence-corrected chi connectivity index (χ0v) is 13.2. The highest BCUT2D eigenvalue weighted by Gasteiger charge is 2.21. The maximum absolute atomic E-state index is 13.9. The minimum atomic E-state index is -0.887. The summed E-state index contributed by atoms with van der Waals surface area (Å²) in [7, 11) is 0. The third-order valence-electron chi connectivity index (χ3n) is 3.11. The number of hydrogen-bond acceptors (Lipinski definition) is 1. The van der Waals surface area contributed by atoms with Crippen LogP contribution in [0.4, 0.5) is 8.78 Å². The molecule has 3 aromatic rings. The number of halogens is 4. The smallest absolute Gasteiger partial charge is 0.163 e. The zero-order chi connectivity index (χ0) is 14.3. The minimum Gasteiger partial charge on any atom is -0.204 e. The first-order valence-corrected chi connectivity index (χ1v) is 7.94. The molecule has 1 aromatic heterocycles. The van der Waals surface area contributed by atoms with Gasteiger partial charge in [0.2, 0.25) is 0 Å². The normalized spacial score (nSPS) is 12.8. The summed E-state index contributed by atoms with van der Waals surface area (Å²) in [4.78, 5) is 0. The van der Waals surface area contributed by atoms with E-state index in [9.17, 15) is 8.78 Å². The number of benzene rings is 2. The van der Waals surface area contributed by atoms with Crippen molar-refractivity contribution in [3.8, 4) is 0 Å². The molecule has 20 heavy (non-hydrogen) atoms. The Bertz CT molecular complexity index is 785. The molecule has 0 spiro atoms. The standard InChI is InChI=1S/C15H8BrClF2S/c16-11-5-1-3-8-10(7-20-15(8)11)13(17)9-4-2-6-12(18)14(9)19/h1-7,13H. The van der Waals surface area contributed by atoms with Crippen LogP contribution in [0.2, 0.25) is 0 Å². The quantitative estimate of drug-likeness (QED) is 0.464. The molecule has 0 nitrogen and oxygen atoms in total. The van der Waals surface area contributed by atoms with Gasteiger partial charge in [-0.25, -0.2) is 8.78 Å². The van der Waals surface area contributed by atoms with Crippen molar-refractivity contribution in [2.24, 2.45) is 0 Å². The molecule has 0 aliphatic rings. The van der Waals surface area contributed by atoms with Crippen molar-refractivity contribution in [1.29, 1.82) is 0 Å². The summed E-state index contributed by atoms with van der Waals surface area (Å²) in [6, 6.07) is 9.83. The Morgan fingerprint density at radius 2 is 1.80 bits per heavy atom. The van der Waals surface area contributed by atoms with E-state index in [0.717, 1.165) is 26.2 Å². The summed E-state index contributed by atoms with van der Waals surface area (Å²) in [6.45, 7) is 0. The van der Waals surface area contributed by atoms with Crippen LogP contribution in [0.5, 0.6) is 0 Å². The van der Waals surface area contributed by atoms with Gasteiger partial charge in [-0.3, -0.25) is 0 Å². The van der Waals surface area contributed by atoms with Crippen molar-refractivity contribution in [3.05, 3.63) is 69.0 Å². The number of hydrogen-bond donors (Lipinski definition) is 0. The summed E-state index contributed by atoms with van der Waals surface area (Å²) in [6.07, 6.45) is 0. The molecule has 0 aliphatic heterocycles. The third-order valence-corrected chi connectivity index (χ3v) is 5.55. The van der Waals surface area contributed by atoms with Crippen LogP contribution in [-0.2, 0) is 0 Å². The van der Waals surface area contributed by atoms with Crippen molar-refractivity contribution in [1.82, 2.24) is 0 Å².